The van der Waals surface area contributed by atoms with Crippen molar-refractivity contribution >= 4 is 5.91 Å². The number of fused-ring (bicyclic) bond motifs is 1. The standard InChI is InChI=1S/C17H19F3N4O/c1-10-22-8-13-9-23(2-3-24(10)13)17(25)6-12(21)4-11-5-15(19)16(20)7-14(11)18/h5,7-8,12H,2-4,6,9,21H2,1H3/t12-/m1/s1. The molecule has 0 saturated carbocycles. The maximum Gasteiger partial charge on any atom is 0.224 e. The Hall–Kier alpha value is -2.35. The molecular formula is C17H19F3N4O. The van der Waals surface area contributed by atoms with Gasteiger partial charge < -0.3 is 15.2 Å². The molecule has 1 aromatic carbocycles. The molecule has 2 heterocycles. The topological polar surface area (TPSA) is 64.2 Å². The summed E-state index contributed by atoms with van der Waals surface area (Å²) in [6, 6.07) is 0.602. The van der Waals surface area contributed by atoms with Gasteiger partial charge in [0, 0.05) is 31.6 Å². The molecule has 5 nitrogen and oxygen atoms in total. The summed E-state index contributed by atoms with van der Waals surface area (Å²) < 4.78 is 41.9. The van der Waals surface area contributed by atoms with E-state index in [0.29, 0.717) is 25.7 Å². The molecule has 0 fully saturated rings. The number of amides is 1. The largest absolute Gasteiger partial charge is 0.335 e. The predicted molar refractivity (Wildman–Crippen MR) is 85.0 cm³/mol. The number of benzene rings is 1. The summed E-state index contributed by atoms with van der Waals surface area (Å²) in [4.78, 5) is 18.3. The first-order valence-electron chi connectivity index (χ1n) is 8.03. The van der Waals surface area contributed by atoms with Crippen molar-refractivity contribution in [2.75, 3.05) is 6.54 Å². The van der Waals surface area contributed by atoms with Crippen LogP contribution in [0.3, 0.4) is 0 Å². The van der Waals surface area contributed by atoms with Crippen LogP contribution in [0.15, 0.2) is 18.3 Å². The summed E-state index contributed by atoms with van der Waals surface area (Å²) in [5, 5.41) is 0. The lowest BCUT2D eigenvalue weighted by Crippen LogP contribution is -2.41. The number of nitrogens with zero attached hydrogens (tertiary/aromatic N) is 3. The second kappa shape index (κ2) is 6.87. The first-order valence-corrected chi connectivity index (χ1v) is 8.03. The van der Waals surface area contributed by atoms with Gasteiger partial charge in [-0.1, -0.05) is 0 Å². The van der Waals surface area contributed by atoms with Crippen molar-refractivity contribution in [1.29, 1.82) is 0 Å². The first kappa shape index (κ1) is 17.5. The van der Waals surface area contributed by atoms with Gasteiger partial charge in [-0.05, 0) is 25.0 Å². The zero-order chi connectivity index (χ0) is 18.1. The maximum atomic E-state index is 13.7. The van der Waals surface area contributed by atoms with Crippen molar-refractivity contribution in [3.63, 3.8) is 0 Å². The molecule has 1 atom stereocenters. The lowest BCUT2D eigenvalue weighted by atomic mass is 10.0. The number of aromatic nitrogens is 2. The average Bonchev–Trinajstić information content (AvgIpc) is 2.93. The Morgan fingerprint density at radius 3 is 2.72 bits per heavy atom. The Kier molecular flexibility index (Phi) is 4.80. The van der Waals surface area contributed by atoms with Crippen molar-refractivity contribution in [1.82, 2.24) is 14.5 Å². The summed E-state index contributed by atoms with van der Waals surface area (Å²) in [6.45, 7) is 3.58. The lowest BCUT2D eigenvalue weighted by Gasteiger charge is -2.29. The molecule has 25 heavy (non-hydrogen) atoms. The van der Waals surface area contributed by atoms with E-state index in [1.54, 1.807) is 11.1 Å². The van der Waals surface area contributed by atoms with Crippen molar-refractivity contribution in [2.24, 2.45) is 5.73 Å². The second-order valence-corrected chi connectivity index (χ2v) is 6.29. The quantitative estimate of drug-likeness (QED) is 0.855. The lowest BCUT2D eigenvalue weighted by molar-refractivity contribution is -0.133. The van der Waals surface area contributed by atoms with Crippen molar-refractivity contribution in [3.05, 3.63) is 52.9 Å². The minimum Gasteiger partial charge on any atom is -0.335 e. The highest BCUT2D eigenvalue weighted by molar-refractivity contribution is 5.77. The summed E-state index contributed by atoms with van der Waals surface area (Å²) in [5.41, 5.74) is 6.84. The molecule has 2 aromatic rings. The smallest absolute Gasteiger partial charge is 0.224 e. The molecule has 0 unspecified atom stereocenters. The summed E-state index contributed by atoms with van der Waals surface area (Å²) in [5.74, 6) is -2.48. The van der Waals surface area contributed by atoms with Gasteiger partial charge in [0.1, 0.15) is 11.6 Å². The van der Waals surface area contributed by atoms with E-state index in [2.05, 4.69) is 9.55 Å². The Morgan fingerprint density at radius 2 is 1.96 bits per heavy atom. The zero-order valence-corrected chi connectivity index (χ0v) is 13.8. The van der Waals surface area contributed by atoms with Gasteiger partial charge in [0.25, 0.3) is 0 Å². The highest BCUT2D eigenvalue weighted by atomic mass is 19.2. The molecule has 0 radical (unpaired) electrons. The molecule has 0 spiro atoms. The molecule has 1 aromatic heterocycles. The number of aryl methyl sites for hydroxylation is 1. The third-order valence-electron chi connectivity index (χ3n) is 4.45. The monoisotopic (exact) mass is 352 g/mol. The molecule has 1 amide bonds. The van der Waals surface area contributed by atoms with Crippen LogP contribution in [-0.4, -0.2) is 32.9 Å². The van der Waals surface area contributed by atoms with Crippen molar-refractivity contribution in [2.45, 2.75) is 38.9 Å². The highest BCUT2D eigenvalue weighted by Crippen LogP contribution is 2.18. The fourth-order valence-electron chi connectivity index (χ4n) is 3.08. The van der Waals surface area contributed by atoms with Crippen LogP contribution in [0.5, 0.6) is 0 Å². The van der Waals surface area contributed by atoms with Crippen molar-refractivity contribution < 1.29 is 18.0 Å². The van der Waals surface area contributed by atoms with E-state index in [9.17, 15) is 18.0 Å². The number of halogens is 3. The SMILES string of the molecule is Cc1ncc2n1CCN(C(=O)C[C@H](N)Cc1cc(F)c(F)cc1F)C2. The molecule has 0 aliphatic carbocycles. The van der Waals surface area contributed by atoms with Crippen LogP contribution in [-0.2, 0) is 24.3 Å². The van der Waals surface area contributed by atoms with Gasteiger partial charge in [-0.3, -0.25) is 4.79 Å². The number of hydrogen-bond acceptors (Lipinski definition) is 3. The molecule has 3 rings (SSSR count). The normalized spacial score (nSPS) is 15.2. The van der Waals surface area contributed by atoms with Crippen LogP contribution in [0, 0.1) is 24.4 Å². The Bertz CT molecular complexity index is 805. The molecule has 8 heteroatoms. The van der Waals surface area contributed by atoms with E-state index in [-0.39, 0.29) is 24.3 Å². The third-order valence-corrected chi connectivity index (χ3v) is 4.45. The average molecular weight is 352 g/mol. The van der Waals surface area contributed by atoms with E-state index in [0.717, 1.165) is 17.6 Å². The number of carbonyl (C=O) groups excluding carboxylic acids is 1. The Balaban J connectivity index is 1.61. The number of hydrogen-bond donors (Lipinski definition) is 1. The van der Waals surface area contributed by atoms with E-state index >= 15 is 0 Å². The van der Waals surface area contributed by atoms with Crippen LogP contribution < -0.4 is 5.73 Å². The second-order valence-electron chi connectivity index (χ2n) is 6.29. The van der Waals surface area contributed by atoms with E-state index < -0.39 is 23.5 Å². The molecular weight excluding hydrogens is 333 g/mol. The maximum absolute atomic E-state index is 13.7. The van der Waals surface area contributed by atoms with Gasteiger partial charge >= 0.3 is 0 Å². The van der Waals surface area contributed by atoms with Crippen LogP contribution in [0.25, 0.3) is 0 Å². The molecule has 1 aliphatic heterocycles. The van der Waals surface area contributed by atoms with Gasteiger partial charge in [-0.25, -0.2) is 18.2 Å². The first-order chi connectivity index (χ1) is 11.8. The predicted octanol–water partition coefficient (Wildman–Crippen LogP) is 1.91. The highest BCUT2D eigenvalue weighted by Gasteiger charge is 2.24. The minimum atomic E-state index is -1.24. The minimum absolute atomic E-state index is 0.00551. The van der Waals surface area contributed by atoms with Crippen LogP contribution in [0.2, 0.25) is 0 Å². The van der Waals surface area contributed by atoms with Crippen molar-refractivity contribution in [3.8, 4) is 0 Å². The van der Waals surface area contributed by atoms with E-state index in [4.69, 9.17) is 5.73 Å². The van der Waals surface area contributed by atoms with Gasteiger partial charge in [0.05, 0.1) is 18.4 Å². The number of rotatable bonds is 4. The number of nitrogens with two attached hydrogens (primary N) is 1. The zero-order valence-electron chi connectivity index (χ0n) is 13.8. The molecule has 2 N–H and O–H groups in total. The fourth-order valence-corrected chi connectivity index (χ4v) is 3.08. The van der Waals surface area contributed by atoms with Crippen LogP contribution >= 0.6 is 0 Å². The fraction of sp³-hybridized carbons (Fsp3) is 0.412. The van der Waals surface area contributed by atoms with Gasteiger partial charge in [0.2, 0.25) is 5.91 Å². The van der Waals surface area contributed by atoms with Gasteiger partial charge in [0.15, 0.2) is 11.6 Å². The molecule has 134 valence electrons. The Morgan fingerprint density at radius 1 is 1.24 bits per heavy atom. The van der Waals surface area contributed by atoms with Gasteiger partial charge in [-0.2, -0.15) is 0 Å². The van der Waals surface area contributed by atoms with Crippen LogP contribution in [0.1, 0.15) is 23.5 Å². The number of carbonyl (C=O) groups is 1. The Labute approximate surface area is 143 Å². The molecule has 0 bridgehead atoms. The third kappa shape index (κ3) is 3.68. The molecule has 1 aliphatic rings. The van der Waals surface area contributed by atoms with E-state index in [1.807, 2.05) is 6.92 Å². The summed E-state index contributed by atoms with van der Waals surface area (Å²) in [7, 11) is 0. The summed E-state index contributed by atoms with van der Waals surface area (Å²) in [6.07, 6.45) is 1.70. The molecule has 0 saturated heterocycles. The number of imidazole rings is 1. The van der Waals surface area contributed by atoms with Gasteiger partial charge in [-0.15, -0.1) is 0 Å². The van der Waals surface area contributed by atoms with E-state index in [1.165, 1.54) is 0 Å². The van der Waals surface area contributed by atoms with Crippen LogP contribution in [0.4, 0.5) is 13.2 Å². The summed E-state index contributed by atoms with van der Waals surface area (Å²) >= 11 is 0.